The highest BCUT2D eigenvalue weighted by Crippen LogP contribution is 2.29. The number of aryl methyl sites for hydroxylation is 1. The van der Waals surface area contributed by atoms with Crippen molar-refractivity contribution >= 4 is 35.2 Å². The Bertz CT molecular complexity index is 1280. The van der Waals surface area contributed by atoms with E-state index in [1.54, 1.807) is 35.1 Å². The van der Waals surface area contributed by atoms with Crippen molar-refractivity contribution in [3.8, 4) is 5.75 Å². The van der Waals surface area contributed by atoms with Crippen LogP contribution in [0.5, 0.6) is 5.75 Å². The number of ether oxygens (including phenoxy) is 2. The molecule has 2 aliphatic heterocycles. The van der Waals surface area contributed by atoms with E-state index in [0.717, 1.165) is 5.56 Å². The van der Waals surface area contributed by atoms with Crippen LogP contribution in [0.4, 0.5) is 16.2 Å². The summed E-state index contributed by atoms with van der Waals surface area (Å²) in [7, 11) is 3.06. The van der Waals surface area contributed by atoms with Crippen LogP contribution < -0.4 is 15.4 Å². The van der Waals surface area contributed by atoms with Gasteiger partial charge in [-0.25, -0.2) is 4.79 Å². The van der Waals surface area contributed by atoms with E-state index in [1.165, 1.54) is 7.11 Å². The van der Waals surface area contributed by atoms with Gasteiger partial charge in [-0.1, -0.05) is 24.3 Å². The van der Waals surface area contributed by atoms with Crippen molar-refractivity contribution < 1.29 is 33.8 Å². The molecule has 3 N–H and O–H groups in total. The summed E-state index contributed by atoms with van der Waals surface area (Å²) in [5.74, 6) is -0.683. The van der Waals surface area contributed by atoms with Gasteiger partial charge in [-0.05, 0) is 55.0 Å². The second-order valence-corrected chi connectivity index (χ2v) is 10.6. The number of para-hydroxylation sites is 1. The Balaban J connectivity index is 1.40. The van der Waals surface area contributed by atoms with E-state index < -0.39 is 18.0 Å². The number of aliphatic carboxylic acids is 1. The molecule has 0 unspecified atom stereocenters. The number of carbonyl (C=O) groups excluding carboxylic acids is 3. The Morgan fingerprint density at radius 3 is 2.37 bits per heavy atom. The predicted octanol–water partition coefficient (Wildman–Crippen LogP) is 3.52. The molecule has 11 nitrogen and oxygen atoms in total. The molecule has 0 aliphatic carbocycles. The number of methoxy groups -OCH3 is 2. The molecule has 0 aromatic heterocycles. The molecule has 41 heavy (non-hydrogen) atoms. The third-order valence-corrected chi connectivity index (χ3v) is 7.85. The van der Waals surface area contributed by atoms with Gasteiger partial charge >= 0.3 is 12.0 Å². The van der Waals surface area contributed by atoms with E-state index in [2.05, 4.69) is 10.6 Å². The number of urea groups is 1. The number of carboxylic acids is 1. The molecule has 11 heteroatoms. The van der Waals surface area contributed by atoms with E-state index in [0.29, 0.717) is 61.6 Å². The summed E-state index contributed by atoms with van der Waals surface area (Å²) in [6.45, 7) is 3.18. The third-order valence-electron chi connectivity index (χ3n) is 7.85. The average molecular weight is 567 g/mol. The molecular weight excluding hydrogens is 528 g/mol. The van der Waals surface area contributed by atoms with Gasteiger partial charge in [0.25, 0.3) is 0 Å². The van der Waals surface area contributed by atoms with Gasteiger partial charge in [0.2, 0.25) is 11.8 Å². The molecule has 0 spiro atoms. The predicted molar refractivity (Wildman–Crippen MR) is 153 cm³/mol. The summed E-state index contributed by atoms with van der Waals surface area (Å²) >= 11 is 0. The number of amides is 4. The first-order valence-electron chi connectivity index (χ1n) is 13.8. The zero-order valence-corrected chi connectivity index (χ0v) is 23.7. The highest BCUT2D eigenvalue weighted by atomic mass is 16.5. The Labute approximate surface area is 239 Å². The Morgan fingerprint density at radius 1 is 1.00 bits per heavy atom. The van der Waals surface area contributed by atoms with Crippen molar-refractivity contribution in [1.29, 1.82) is 0 Å². The number of carbonyl (C=O) groups is 4. The van der Waals surface area contributed by atoms with E-state index in [-0.39, 0.29) is 36.7 Å². The number of piperidine rings is 1. The lowest BCUT2D eigenvalue weighted by atomic mass is 9.93. The third kappa shape index (κ3) is 7.55. The summed E-state index contributed by atoms with van der Waals surface area (Å²) in [4.78, 5) is 53.9. The fraction of sp³-hybridized carbons (Fsp3) is 0.467. The number of benzene rings is 2. The first-order valence-corrected chi connectivity index (χ1v) is 13.8. The quantitative estimate of drug-likeness (QED) is 0.422. The van der Waals surface area contributed by atoms with Gasteiger partial charge in [-0.3, -0.25) is 14.4 Å². The maximum atomic E-state index is 13.5. The lowest BCUT2D eigenvalue weighted by Crippen LogP contribution is -2.50. The normalized spacial score (nSPS) is 19.1. The summed E-state index contributed by atoms with van der Waals surface area (Å²) in [5, 5.41) is 14.7. The molecule has 2 aliphatic rings. The molecule has 2 heterocycles. The Hall–Kier alpha value is -4.12. The number of anilines is 2. The van der Waals surface area contributed by atoms with Crippen LogP contribution >= 0.6 is 0 Å². The maximum absolute atomic E-state index is 13.5. The van der Waals surface area contributed by atoms with Crippen molar-refractivity contribution in [2.24, 2.45) is 5.92 Å². The van der Waals surface area contributed by atoms with Crippen molar-refractivity contribution in [3.63, 3.8) is 0 Å². The lowest BCUT2D eigenvalue weighted by Gasteiger charge is -2.35. The zero-order valence-electron chi connectivity index (χ0n) is 23.7. The number of nitrogens with zero attached hydrogens (tertiary/aromatic N) is 2. The molecule has 0 saturated carbocycles. The largest absolute Gasteiger partial charge is 0.495 e. The van der Waals surface area contributed by atoms with Crippen LogP contribution in [0.1, 0.15) is 36.8 Å². The number of hydrogen-bond donors (Lipinski definition) is 3. The SMILES string of the molecule is COc1cc(CC(=O)N2C[C@@H](OC)C[C@H]2C(=O)N2CCC(CC(=O)O)CC2)ccc1NC(=O)Nc1ccccc1C. The van der Waals surface area contributed by atoms with Crippen LogP contribution in [0.25, 0.3) is 0 Å². The molecule has 2 aromatic carbocycles. The van der Waals surface area contributed by atoms with E-state index in [9.17, 15) is 19.2 Å². The molecular formula is C30H38N4O7. The molecule has 2 aromatic rings. The highest BCUT2D eigenvalue weighted by Gasteiger charge is 2.42. The van der Waals surface area contributed by atoms with Crippen LogP contribution in [-0.2, 0) is 25.5 Å². The molecule has 2 fully saturated rings. The number of likely N-dealkylation sites (tertiary alicyclic amines) is 2. The molecule has 4 amide bonds. The van der Waals surface area contributed by atoms with Crippen molar-refractivity contribution in [3.05, 3.63) is 53.6 Å². The van der Waals surface area contributed by atoms with E-state index in [4.69, 9.17) is 14.6 Å². The molecule has 4 rings (SSSR count). The summed E-state index contributed by atoms with van der Waals surface area (Å²) in [6.07, 6.45) is 1.60. The summed E-state index contributed by atoms with van der Waals surface area (Å²) < 4.78 is 11.0. The number of carboxylic acid groups (broad SMARTS) is 1. The van der Waals surface area contributed by atoms with Crippen LogP contribution in [0, 0.1) is 12.8 Å². The zero-order chi connectivity index (χ0) is 29.5. The minimum Gasteiger partial charge on any atom is -0.495 e. The van der Waals surface area contributed by atoms with Crippen molar-refractivity contribution in [2.75, 3.05) is 44.5 Å². The molecule has 2 saturated heterocycles. The van der Waals surface area contributed by atoms with Crippen LogP contribution in [-0.4, -0.2) is 84.7 Å². The van der Waals surface area contributed by atoms with Crippen molar-refractivity contribution in [2.45, 2.75) is 51.2 Å². The second-order valence-electron chi connectivity index (χ2n) is 10.6. The maximum Gasteiger partial charge on any atom is 0.323 e. The molecule has 2 atom stereocenters. The van der Waals surface area contributed by atoms with Crippen molar-refractivity contribution in [1.82, 2.24) is 9.80 Å². The fourth-order valence-electron chi connectivity index (χ4n) is 5.51. The van der Waals surface area contributed by atoms with Gasteiger partial charge in [-0.2, -0.15) is 0 Å². The lowest BCUT2D eigenvalue weighted by molar-refractivity contribution is -0.145. The monoisotopic (exact) mass is 566 g/mol. The average Bonchev–Trinajstić information content (AvgIpc) is 3.40. The summed E-state index contributed by atoms with van der Waals surface area (Å²) in [6, 6.07) is 11.5. The smallest absolute Gasteiger partial charge is 0.323 e. The number of hydrogen-bond acceptors (Lipinski definition) is 6. The molecule has 220 valence electrons. The van der Waals surface area contributed by atoms with Gasteiger partial charge in [0.1, 0.15) is 11.8 Å². The van der Waals surface area contributed by atoms with Crippen LogP contribution in [0.15, 0.2) is 42.5 Å². The van der Waals surface area contributed by atoms with Gasteiger partial charge in [0, 0.05) is 45.3 Å². The topological polar surface area (TPSA) is 138 Å². The van der Waals surface area contributed by atoms with Crippen LogP contribution in [0.2, 0.25) is 0 Å². The number of rotatable bonds is 9. The molecule has 0 bridgehead atoms. The number of nitrogens with one attached hydrogen (secondary N) is 2. The van der Waals surface area contributed by atoms with E-state index in [1.807, 2.05) is 31.2 Å². The van der Waals surface area contributed by atoms with E-state index >= 15 is 0 Å². The van der Waals surface area contributed by atoms with Gasteiger partial charge < -0.3 is 35.0 Å². The van der Waals surface area contributed by atoms with Gasteiger partial charge in [-0.15, -0.1) is 0 Å². The molecule has 0 radical (unpaired) electrons. The minimum atomic E-state index is -0.823. The summed E-state index contributed by atoms with van der Waals surface area (Å²) in [5.41, 5.74) is 2.76. The van der Waals surface area contributed by atoms with Gasteiger partial charge in [0.15, 0.2) is 0 Å². The second kappa shape index (κ2) is 13.5. The van der Waals surface area contributed by atoms with Gasteiger partial charge in [0.05, 0.1) is 25.3 Å². The fourth-order valence-corrected chi connectivity index (χ4v) is 5.51. The Kier molecular flexibility index (Phi) is 9.82. The first-order chi connectivity index (χ1) is 19.7. The standard InChI is InChI=1S/C30H38N4O7/c1-19-6-4-5-7-23(19)31-30(39)32-24-9-8-21(14-26(24)41-3)15-27(35)34-18-22(40-2)17-25(34)29(38)33-12-10-20(11-13-33)16-28(36)37/h4-9,14,20,22,25H,10-13,15-18H2,1-3H3,(H,36,37)(H2,31,32,39)/t22-,25-/m0/s1. The van der Waals surface area contributed by atoms with Crippen LogP contribution in [0.3, 0.4) is 0 Å². The first kappa shape index (κ1) is 29.9. The Morgan fingerprint density at radius 2 is 1.71 bits per heavy atom. The minimum absolute atomic E-state index is 0.0486. The highest BCUT2D eigenvalue weighted by molar-refractivity contribution is 6.01.